The molecule has 3 rings (SSSR count). The Morgan fingerprint density at radius 2 is 1.70 bits per heavy atom. The Hall–Kier alpha value is -3.67. The van der Waals surface area contributed by atoms with Gasteiger partial charge < -0.3 is 15.0 Å². The van der Waals surface area contributed by atoms with Gasteiger partial charge in [-0.25, -0.2) is 4.79 Å². The van der Waals surface area contributed by atoms with Crippen molar-refractivity contribution in [1.29, 1.82) is 0 Å². The van der Waals surface area contributed by atoms with Crippen LogP contribution in [0.1, 0.15) is 21.5 Å². The number of fused-ring (bicyclic) bond motifs is 1. The average Bonchev–Trinajstić information content (AvgIpc) is 2.73. The van der Waals surface area contributed by atoms with Crippen LogP contribution in [0.2, 0.25) is 0 Å². The van der Waals surface area contributed by atoms with Crippen LogP contribution in [0.25, 0.3) is 10.8 Å². The minimum atomic E-state index is -0.576. The molecule has 0 atom stereocenters. The summed E-state index contributed by atoms with van der Waals surface area (Å²) in [5.74, 6) is -1.35. The molecule has 3 aromatic carbocycles. The fraction of sp³-hybridized carbons (Fsp3) is 0.208. The smallest absolute Gasteiger partial charge is 0.339 e. The number of carbonyl (C=O) groups is 3. The topological polar surface area (TPSA) is 75.7 Å². The summed E-state index contributed by atoms with van der Waals surface area (Å²) in [5.41, 5.74) is 3.08. The van der Waals surface area contributed by atoms with Gasteiger partial charge in [0.15, 0.2) is 6.61 Å². The highest BCUT2D eigenvalue weighted by atomic mass is 16.5. The van der Waals surface area contributed by atoms with Crippen molar-refractivity contribution >= 4 is 34.2 Å². The molecule has 0 aliphatic rings. The molecule has 3 aromatic rings. The van der Waals surface area contributed by atoms with Crippen molar-refractivity contribution in [1.82, 2.24) is 4.90 Å². The van der Waals surface area contributed by atoms with E-state index in [1.807, 2.05) is 62.4 Å². The molecule has 1 N–H and O–H groups in total. The summed E-state index contributed by atoms with van der Waals surface area (Å²) in [6.07, 6.45) is 0. The molecule has 0 radical (unpaired) electrons. The number of hydrogen-bond donors (Lipinski definition) is 1. The van der Waals surface area contributed by atoms with Gasteiger partial charge in [0.1, 0.15) is 0 Å². The highest BCUT2D eigenvalue weighted by Gasteiger charge is 2.17. The molecule has 0 aliphatic heterocycles. The lowest BCUT2D eigenvalue weighted by atomic mass is 10.1. The van der Waals surface area contributed by atoms with Crippen LogP contribution in [-0.2, 0) is 14.3 Å². The number of ether oxygens (including phenoxy) is 1. The standard InChI is InChI=1S/C24H24N2O4/c1-16-11-12-17(2)21(13-16)25-22(27)14-26(3)23(28)15-30-24(29)20-10-6-8-18-7-4-5-9-19(18)20/h4-13H,14-15H2,1-3H3,(H,25,27). The molecule has 0 unspecified atom stereocenters. The number of benzene rings is 3. The number of nitrogens with zero attached hydrogens (tertiary/aromatic N) is 1. The maximum absolute atomic E-state index is 12.4. The molecule has 0 saturated carbocycles. The first-order chi connectivity index (χ1) is 14.3. The third kappa shape index (κ3) is 5.03. The van der Waals surface area contributed by atoms with Crippen LogP contribution in [0.4, 0.5) is 5.69 Å². The number of anilines is 1. The summed E-state index contributed by atoms with van der Waals surface area (Å²) in [6.45, 7) is 3.26. The third-order valence-electron chi connectivity index (χ3n) is 4.81. The van der Waals surface area contributed by atoms with E-state index < -0.39 is 18.5 Å². The maximum Gasteiger partial charge on any atom is 0.339 e. The van der Waals surface area contributed by atoms with Crippen LogP contribution in [0, 0.1) is 13.8 Å². The first-order valence-electron chi connectivity index (χ1n) is 9.61. The Balaban J connectivity index is 1.55. The van der Waals surface area contributed by atoms with Crippen LogP contribution >= 0.6 is 0 Å². The molecule has 2 amide bonds. The predicted octanol–water partition coefficient (Wildman–Crippen LogP) is 3.71. The van der Waals surface area contributed by atoms with Gasteiger partial charge >= 0.3 is 5.97 Å². The lowest BCUT2D eigenvalue weighted by Crippen LogP contribution is -2.37. The molecule has 0 bridgehead atoms. The first kappa shape index (κ1) is 21.0. The van der Waals surface area contributed by atoms with Gasteiger partial charge in [0.2, 0.25) is 5.91 Å². The molecule has 154 valence electrons. The van der Waals surface area contributed by atoms with Crippen LogP contribution in [-0.4, -0.2) is 42.9 Å². The number of nitrogens with one attached hydrogen (secondary N) is 1. The number of likely N-dealkylation sites (N-methyl/N-ethyl adjacent to an activating group) is 1. The summed E-state index contributed by atoms with van der Waals surface area (Å²) in [6, 6.07) is 18.6. The van der Waals surface area contributed by atoms with Crippen LogP contribution in [0.5, 0.6) is 0 Å². The molecule has 0 aromatic heterocycles. The maximum atomic E-state index is 12.4. The summed E-state index contributed by atoms with van der Waals surface area (Å²) in [5, 5.41) is 4.49. The number of amides is 2. The van der Waals surface area contributed by atoms with Gasteiger partial charge in [-0.15, -0.1) is 0 Å². The monoisotopic (exact) mass is 404 g/mol. The van der Waals surface area contributed by atoms with Crippen molar-refractivity contribution in [3.63, 3.8) is 0 Å². The van der Waals surface area contributed by atoms with Crippen molar-refractivity contribution in [2.45, 2.75) is 13.8 Å². The number of esters is 1. The molecule has 0 fully saturated rings. The Bertz CT molecular complexity index is 1100. The van der Waals surface area contributed by atoms with E-state index in [0.717, 1.165) is 21.9 Å². The number of carbonyl (C=O) groups excluding carboxylic acids is 3. The fourth-order valence-electron chi connectivity index (χ4n) is 3.08. The Morgan fingerprint density at radius 1 is 0.967 bits per heavy atom. The van der Waals surface area contributed by atoms with Gasteiger partial charge in [-0.1, -0.05) is 48.5 Å². The average molecular weight is 404 g/mol. The van der Waals surface area contributed by atoms with Crippen molar-refractivity contribution in [3.8, 4) is 0 Å². The van der Waals surface area contributed by atoms with Crippen molar-refractivity contribution < 1.29 is 19.1 Å². The van der Waals surface area contributed by atoms with E-state index in [-0.39, 0.29) is 12.5 Å². The largest absolute Gasteiger partial charge is 0.452 e. The highest BCUT2D eigenvalue weighted by molar-refractivity contribution is 6.05. The minimum absolute atomic E-state index is 0.141. The lowest BCUT2D eigenvalue weighted by Gasteiger charge is -2.17. The zero-order valence-electron chi connectivity index (χ0n) is 17.3. The molecule has 6 nitrogen and oxygen atoms in total. The molecular weight excluding hydrogens is 380 g/mol. The molecule has 30 heavy (non-hydrogen) atoms. The fourth-order valence-corrected chi connectivity index (χ4v) is 3.08. The van der Waals surface area contributed by atoms with E-state index in [4.69, 9.17) is 4.74 Å². The van der Waals surface area contributed by atoms with Crippen molar-refractivity contribution in [2.75, 3.05) is 25.5 Å². The SMILES string of the molecule is Cc1ccc(C)c(NC(=O)CN(C)C(=O)COC(=O)c2cccc3ccccc23)c1. The normalized spacial score (nSPS) is 10.5. The van der Waals surface area contributed by atoms with Gasteiger partial charge in [-0.3, -0.25) is 9.59 Å². The molecular formula is C24H24N2O4. The minimum Gasteiger partial charge on any atom is -0.452 e. The summed E-state index contributed by atoms with van der Waals surface area (Å²) in [4.78, 5) is 38.3. The van der Waals surface area contributed by atoms with E-state index in [1.54, 1.807) is 12.1 Å². The van der Waals surface area contributed by atoms with Crippen molar-refractivity contribution in [2.24, 2.45) is 0 Å². The van der Waals surface area contributed by atoms with Crippen LogP contribution < -0.4 is 5.32 Å². The second kappa shape index (κ2) is 9.22. The lowest BCUT2D eigenvalue weighted by molar-refractivity contribution is -0.136. The van der Waals surface area contributed by atoms with Crippen LogP contribution in [0.15, 0.2) is 60.7 Å². The molecule has 0 heterocycles. The van der Waals surface area contributed by atoms with E-state index in [2.05, 4.69) is 5.32 Å². The van der Waals surface area contributed by atoms with E-state index >= 15 is 0 Å². The molecule has 0 aliphatic carbocycles. The zero-order valence-corrected chi connectivity index (χ0v) is 17.3. The van der Waals surface area contributed by atoms with Gasteiger partial charge in [0, 0.05) is 12.7 Å². The third-order valence-corrected chi connectivity index (χ3v) is 4.81. The van der Waals surface area contributed by atoms with Gasteiger partial charge in [0.25, 0.3) is 5.91 Å². The quantitative estimate of drug-likeness (QED) is 0.636. The Labute approximate surface area is 175 Å². The van der Waals surface area contributed by atoms with E-state index in [0.29, 0.717) is 11.3 Å². The number of aryl methyl sites for hydroxylation is 2. The Morgan fingerprint density at radius 3 is 2.50 bits per heavy atom. The van der Waals surface area contributed by atoms with E-state index in [9.17, 15) is 14.4 Å². The van der Waals surface area contributed by atoms with E-state index in [1.165, 1.54) is 11.9 Å². The van der Waals surface area contributed by atoms with Crippen LogP contribution in [0.3, 0.4) is 0 Å². The molecule has 6 heteroatoms. The zero-order chi connectivity index (χ0) is 21.7. The highest BCUT2D eigenvalue weighted by Crippen LogP contribution is 2.19. The van der Waals surface area contributed by atoms with Gasteiger partial charge in [-0.05, 0) is 47.9 Å². The predicted molar refractivity (Wildman–Crippen MR) is 116 cm³/mol. The second-order valence-corrected chi connectivity index (χ2v) is 7.22. The Kier molecular flexibility index (Phi) is 6.47. The van der Waals surface area contributed by atoms with Gasteiger partial charge in [-0.2, -0.15) is 0 Å². The first-order valence-corrected chi connectivity index (χ1v) is 9.61. The number of hydrogen-bond acceptors (Lipinski definition) is 4. The molecule has 0 spiro atoms. The van der Waals surface area contributed by atoms with Crippen molar-refractivity contribution in [3.05, 3.63) is 77.4 Å². The van der Waals surface area contributed by atoms with Gasteiger partial charge in [0.05, 0.1) is 12.1 Å². The summed E-state index contributed by atoms with van der Waals surface area (Å²) in [7, 11) is 1.50. The molecule has 0 saturated heterocycles. The second-order valence-electron chi connectivity index (χ2n) is 7.22. The summed E-state index contributed by atoms with van der Waals surface area (Å²) >= 11 is 0. The summed E-state index contributed by atoms with van der Waals surface area (Å²) < 4.78 is 5.19. The number of rotatable bonds is 6.